The summed E-state index contributed by atoms with van der Waals surface area (Å²) in [6.07, 6.45) is -0.0193. The zero-order chi connectivity index (χ0) is 25.6. The van der Waals surface area contributed by atoms with Gasteiger partial charge in [-0.15, -0.1) is 0 Å². The molecular weight excluding hydrogens is 447 g/mol. The summed E-state index contributed by atoms with van der Waals surface area (Å²) in [7, 11) is 3.12. The molecule has 3 aromatic carbocycles. The molecule has 0 radical (unpaired) electrons. The highest BCUT2D eigenvalue weighted by atomic mass is 19.1. The Bertz CT molecular complexity index is 1170. The number of carbonyl (C=O) groups is 1. The highest BCUT2D eigenvalue weighted by molar-refractivity contribution is 5.71. The zero-order valence-electron chi connectivity index (χ0n) is 20.9. The first kappa shape index (κ1) is 26.2. The molecule has 0 unspecified atom stereocenters. The number of carboxylic acids is 1. The first-order valence-electron chi connectivity index (χ1n) is 11.5. The fourth-order valence-corrected chi connectivity index (χ4v) is 4.08. The number of aliphatic carboxylic acids is 1. The topological polar surface area (TPSA) is 65.0 Å². The Hall–Kier alpha value is -3.38. The second-order valence-corrected chi connectivity index (χ2v) is 9.59. The average Bonchev–Trinajstić information content (AvgIpc) is 2.82. The van der Waals surface area contributed by atoms with E-state index >= 15 is 0 Å². The highest BCUT2D eigenvalue weighted by Gasteiger charge is 2.22. The fourth-order valence-electron chi connectivity index (χ4n) is 4.08. The van der Waals surface area contributed by atoms with Gasteiger partial charge in [0, 0.05) is 18.6 Å². The van der Waals surface area contributed by atoms with Gasteiger partial charge in [-0.1, -0.05) is 51.1 Å². The molecule has 0 saturated heterocycles. The monoisotopic (exact) mass is 480 g/mol. The standard InChI is InChI=1S/C29H33FO5/c1-29(2,3)26-13-19(9-11-24(26)25-16-22(34-5)10-12-27(25)30)17-35-23-8-6-7-20(14-23)21(18-33-4)15-28(31)32/h6-14,16,21H,15,17-18H2,1-5H3,(H,31,32)/t21-/m1/s1. The van der Waals surface area contributed by atoms with E-state index in [9.17, 15) is 14.3 Å². The zero-order valence-corrected chi connectivity index (χ0v) is 20.9. The SMILES string of the molecule is COC[C@@H](CC(=O)O)c1cccc(OCc2ccc(-c3cc(OC)ccc3F)c(C(C)(C)C)c2)c1. The van der Waals surface area contributed by atoms with Crippen LogP contribution in [0.5, 0.6) is 11.5 Å². The normalized spacial score (nSPS) is 12.3. The first-order chi connectivity index (χ1) is 16.6. The summed E-state index contributed by atoms with van der Waals surface area (Å²) in [4.78, 5) is 11.2. The molecule has 0 amide bonds. The predicted octanol–water partition coefficient (Wildman–Crippen LogP) is 6.58. The largest absolute Gasteiger partial charge is 0.497 e. The van der Waals surface area contributed by atoms with Crippen molar-refractivity contribution < 1.29 is 28.5 Å². The van der Waals surface area contributed by atoms with Gasteiger partial charge in [0.2, 0.25) is 0 Å². The third-order valence-corrected chi connectivity index (χ3v) is 5.88. The lowest BCUT2D eigenvalue weighted by Crippen LogP contribution is -2.14. The Kier molecular flexibility index (Phi) is 8.52. The molecule has 1 N–H and O–H groups in total. The van der Waals surface area contributed by atoms with E-state index in [1.165, 1.54) is 6.07 Å². The Morgan fingerprint density at radius 3 is 2.40 bits per heavy atom. The van der Waals surface area contributed by atoms with E-state index < -0.39 is 5.97 Å². The number of ether oxygens (including phenoxy) is 3. The Labute approximate surface area is 206 Å². The minimum Gasteiger partial charge on any atom is -0.497 e. The van der Waals surface area contributed by atoms with Crippen LogP contribution in [0.15, 0.2) is 60.7 Å². The lowest BCUT2D eigenvalue weighted by atomic mass is 9.81. The Morgan fingerprint density at radius 1 is 0.971 bits per heavy atom. The number of methoxy groups -OCH3 is 2. The number of carboxylic acid groups (broad SMARTS) is 1. The van der Waals surface area contributed by atoms with Crippen LogP contribution in [0.2, 0.25) is 0 Å². The van der Waals surface area contributed by atoms with Crippen molar-refractivity contribution in [1.82, 2.24) is 0 Å². The van der Waals surface area contributed by atoms with Gasteiger partial charge >= 0.3 is 5.97 Å². The van der Waals surface area contributed by atoms with Gasteiger partial charge in [0.15, 0.2) is 0 Å². The van der Waals surface area contributed by atoms with Crippen molar-refractivity contribution in [3.05, 3.63) is 83.2 Å². The van der Waals surface area contributed by atoms with E-state index in [2.05, 4.69) is 26.8 Å². The summed E-state index contributed by atoms with van der Waals surface area (Å²) in [6.45, 7) is 6.91. The Balaban J connectivity index is 1.87. The third kappa shape index (κ3) is 6.83. The van der Waals surface area contributed by atoms with Gasteiger partial charge in [-0.3, -0.25) is 4.79 Å². The molecule has 1 atom stereocenters. The number of hydrogen-bond donors (Lipinski definition) is 1. The van der Waals surface area contributed by atoms with Gasteiger partial charge in [-0.25, -0.2) is 4.39 Å². The lowest BCUT2D eigenvalue weighted by molar-refractivity contribution is -0.137. The fraction of sp³-hybridized carbons (Fsp3) is 0.345. The minimum atomic E-state index is -0.874. The maximum atomic E-state index is 14.7. The van der Waals surface area contributed by atoms with Crippen LogP contribution in [-0.4, -0.2) is 31.9 Å². The molecule has 3 rings (SSSR count). The van der Waals surface area contributed by atoms with Crippen molar-refractivity contribution in [3.63, 3.8) is 0 Å². The molecule has 0 aliphatic rings. The molecule has 0 bridgehead atoms. The van der Waals surface area contributed by atoms with Crippen LogP contribution in [0, 0.1) is 5.82 Å². The molecule has 0 aromatic heterocycles. The van der Waals surface area contributed by atoms with Gasteiger partial charge in [-0.05, 0) is 58.0 Å². The van der Waals surface area contributed by atoms with Crippen LogP contribution < -0.4 is 9.47 Å². The highest BCUT2D eigenvalue weighted by Crippen LogP contribution is 2.37. The lowest BCUT2D eigenvalue weighted by Gasteiger charge is -2.24. The summed E-state index contributed by atoms with van der Waals surface area (Å²) in [5.74, 6) is -0.187. The smallest absolute Gasteiger partial charge is 0.304 e. The van der Waals surface area contributed by atoms with Crippen molar-refractivity contribution in [1.29, 1.82) is 0 Å². The van der Waals surface area contributed by atoms with Crippen LogP contribution in [0.25, 0.3) is 11.1 Å². The van der Waals surface area contributed by atoms with Crippen LogP contribution in [0.4, 0.5) is 4.39 Å². The maximum absolute atomic E-state index is 14.7. The maximum Gasteiger partial charge on any atom is 0.304 e. The second kappa shape index (κ2) is 11.4. The number of rotatable bonds is 10. The summed E-state index contributed by atoms with van der Waals surface area (Å²) in [5, 5.41) is 9.22. The van der Waals surface area contributed by atoms with E-state index in [1.807, 2.05) is 36.4 Å². The van der Waals surface area contributed by atoms with E-state index in [4.69, 9.17) is 14.2 Å². The van der Waals surface area contributed by atoms with Crippen LogP contribution in [0.3, 0.4) is 0 Å². The summed E-state index contributed by atoms with van der Waals surface area (Å²) >= 11 is 0. The quantitative estimate of drug-likeness (QED) is 0.355. The first-order valence-corrected chi connectivity index (χ1v) is 11.5. The van der Waals surface area contributed by atoms with Gasteiger partial charge in [-0.2, -0.15) is 0 Å². The Morgan fingerprint density at radius 2 is 1.74 bits per heavy atom. The van der Waals surface area contributed by atoms with Gasteiger partial charge in [0.05, 0.1) is 20.1 Å². The second-order valence-electron chi connectivity index (χ2n) is 9.59. The summed E-state index contributed by atoms with van der Waals surface area (Å²) in [6, 6.07) is 18.1. The molecule has 0 aliphatic heterocycles. The molecule has 6 heteroatoms. The van der Waals surface area contributed by atoms with Gasteiger partial charge in [0.25, 0.3) is 0 Å². The minimum absolute atomic E-state index is 0.0193. The van der Waals surface area contributed by atoms with Gasteiger partial charge < -0.3 is 19.3 Å². The van der Waals surface area contributed by atoms with Crippen molar-refractivity contribution in [2.24, 2.45) is 0 Å². The van der Waals surface area contributed by atoms with E-state index in [0.29, 0.717) is 30.3 Å². The third-order valence-electron chi connectivity index (χ3n) is 5.88. The van der Waals surface area contributed by atoms with E-state index in [0.717, 1.165) is 22.3 Å². The van der Waals surface area contributed by atoms with Crippen LogP contribution in [-0.2, 0) is 21.6 Å². The average molecular weight is 481 g/mol. The molecule has 3 aromatic rings. The van der Waals surface area contributed by atoms with Crippen molar-refractivity contribution in [3.8, 4) is 22.6 Å². The van der Waals surface area contributed by atoms with Gasteiger partial charge in [0.1, 0.15) is 23.9 Å². The van der Waals surface area contributed by atoms with E-state index in [1.54, 1.807) is 26.4 Å². The number of halogens is 1. The summed E-state index contributed by atoms with van der Waals surface area (Å²) < 4.78 is 31.3. The predicted molar refractivity (Wildman–Crippen MR) is 135 cm³/mol. The molecular formula is C29H33FO5. The molecule has 0 heterocycles. The number of benzene rings is 3. The molecule has 35 heavy (non-hydrogen) atoms. The molecule has 5 nitrogen and oxygen atoms in total. The van der Waals surface area contributed by atoms with Crippen LogP contribution >= 0.6 is 0 Å². The number of hydrogen-bond acceptors (Lipinski definition) is 4. The van der Waals surface area contributed by atoms with Crippen LogP contribution in [0.1, 0.15) is 49.8 Å². The molecule has 0 aliphatic carbocycles. The van der Waals surface area contributed by atoms with E-state index in [-0.39, 0.29) is 23.6 Å². The molecule has 0 saturated carbocycles. The summed E-state index contributed by atoms with van der Waals surface area (Å²) in [5.41, 5.74) is 3.89. The molecule has 0 fully saturated rings. The molecule has 186 valence electrons. The molecule has 0 spiro atoms. The van der Waals surface area contributed by atoms with Crippen molar-refractivity contribution in [2.75, 3.05) is 20.8 Å². The van der Waals surface area contributed by atoms with Crippen molar-refractivity contribution >= 4 is 5.97 Å². The van der Waals surface area contributed by atoms with Crippen molar-refractivity contribution in [2.45, 2.75) is 45.1 Å².